The van der Waals surface area contributed by atoms with Crippen molar-refractivity contribution in [2.24, 2.45) is 0 Å². The standard InChI is InChI=1S/C20H18BrNO4/c1-12-3-8-17-14(9-12)10-18(26-17)20(24)22-16(11-19(23)25-2)13-4-6-15(21)7-5-13/h3-10,16H,11H2,1-2H3,(H,22,24). The minimum atomic E-state index is -0.516. The number of carbonyl (C=O) groups excluding carboxylic acids is 2. The van der Waals surface area contributed by atoms with Crippen molar-refractivity contribution in [2.45, 2.75) is 19.4 Å². The summed E-state index contributed by atoms with van der Waals surface area (Å²) >= 11 is 3.38. The number of amides is 1. The lowest BCUT2D eigenvalue weighted by Gasteiger charge is -2.17. The van der Waals surface area contributed by atoms with Gasteiger partial charge in [-0.1, -0.05) is 39.7 Å². The third kappa shape index (κ3) is 4.14. The molecule has 0 radical (unpaired) electrons. The highest BCUT2D eigenvalue weighted by Crippen LogP contribution is 2.23. The van der Waals surface area contributed by atoms with Crippen LogP contribution in [-0.4, -0.2) is 19.0 Å². The fourth-order valence-electron chi connectivity index (χ4n) is 2.70. The molecule has 134 valence electrons. The number of fused-ring (bicyclic) bond motifs is 1. The van der Waals surface area contributed by atoms with Crippen molar-refractivity contribution in [3.63, 3.8) is 0 Å². The highest BCUT2D eigenvalue weighted by molar-refractivity contribution is 9.10. The first-order valence-electron chi connectivity index (χ1n) is 8.09. The summed E-state index contributed by atoms with van der Waals surface area (Å²) in [5, 5.41) is 3.73. The number of hydrogen-bond donors (Lipinski definition) is 1. The quantitative estimate of drug-likeness (QED) is 0.621. The zero-order valence-corrected chi connectivity index (χ0v) is 16.0. The van der Waals surface area contributed by atoms with Gasteiger partial charge >= 0.3 is 5.97 Å². The summed E-state index contributed by atoms with van der Waals surface area (Å²) in [4.78, 5) is 24.4. The van der Waals surface area contributed by atoms with Gasteiger partial charge in [0.15, 0.2) is 5.76 Å². The van der Waals surface area contributed by atoms with Crippen molar-refractivity contribution in [1.29, 1.82) is 0 Å². The molecule has 0 fully saturated rings. The van der Waals surface area contributed by atoms with Crippen LogP contribution < -0.4 is 5.32 Å². The predicted molar refractivity (Wildman–Crippen MR) is 102 cm³/mol. The van der Waals surface area contributed by atoms with E-state index >= 15 is 0 Å². The van der Waals surface area contributed by atoms with E-state index in [1.54, 1.807) is 6.07 Å². The summed E-state index contributed by atoms with van der Waals surface area (Å²) in [5.74, 6) is -0.577. The Hall–Kier alpha value is -2.60. The Morgan fingerprint density at radius 2 is 1.88 bits per heavy atom. The molecule has 1 amide bonds. The summed E-state index contributed by atoms with van der Waals surface area (Å²) in [7, 11) is 1.32. The van der Waals surface area contributed by atoms with Gasteiger partial charge in [0.25, 0.3) is 5.91 Å². The van der Waals surface area contributed by atoms with Crippen LogP contribution in [-0.2, 0) is 9.53 Å². The smallest absolute Gasteiger partial charge is 0.307 e. The fourth-order valence-corrected chi connectivity index (χ4v) is 2.97. The molecule has 6 heteroatoms. The molecule has 0 aliphatic heterocycles. The first kappa shape index (κ1) is 18.2. The number of esters is 1. The summed E-state index contributed by atoms with van der Waals surface area (Å²) < 4.78 is 11.3. The van der Waals surface area contributed by atoms with E-state index in [-0.39, 0.29) is 18.1 Å². The topological polar surface area (TPSA) is 68.5 Å². The van der Waals surface area contributed by atoms with E-state index in [2.05, 4.69) is 21.2 Å². The SMILES string of the molecule is COC(=O)CC(NC(=O)c1cc2cc(C)ccc2o1)c1ccc(Br)cc1. The second kappa shape index (κ2) is 7.74. The summed E-state index contributed by atoms with van der Waals surface area (Å²) in [6.45, 7) is 1.98. The third-order valence-corrected chi connectivity index (χ3v) is 4.60. The number of ether oxygens (including phenoxy) is 1. The van der Waals surface area contributed by atoms with Gasteiger partial charge in [-0.05, 0) is 42.8 Å². The van der Waals surface area contributed by atoms with Crippen molar-refractivity contribution in [2.75, 3.05) is 7.11 Å². The molecule has 0 saturated carbocycles. The molecular weight excluding hydrogens is 398 g/mol. The van der Waals surface area contributed by atoms with E-state index < -0.39 is 12.0 Å². The van der Waals surface area contributed by atoms with E-state index in [9.17, 15) is 9.59 Å². The van der Waals surface area contributed by atoms with E-state index in [0.717, 1.165) is 21.0 Å². The Kier molecular flexibility index (Phi) is 5.42. The molecule has 2 aromatic carbocycles. The van der Waals surface area contributed by atoms with Gasteiger partial charge in [-0.15, -0.1) is 0 Å². The molecule has 3 aromatic rings. The summed E-state index contributed by atoms with van der Waals surface area (Å²) in [6, 6.07) is 14.3. The van der Waals surface area contributed by atoms with Crippen LogP contribution in [0.25, 0.3) is 11.0 Å². The number of benzene rings is 2. The number of hydrogen-bond acceptors (Lipinski definition) is 4. The Balaban J connectivity index is 1.85. The number of aryl methyl sites for hydroxylation is 1. The Morgan fingerprint density at radius 3 is 2.58 bits per heavy atom. The van der Waals surface area contributed by atoms with Crippen molar-refractivity contribution in [1.82, 2.24) is 5.32 Å². The number of rotatable bonds is 5. The van der Waals surface area contributed by atoms with Crippen molar-refractivity contribution < 1.29 is 18.7 Å². The minimum Gasteiger partial charge on any atom is -0.469 e. The van der Waals surface area contributed by atoms with Gasteiger partial charge < -0.3 is 14.5 Å². The van der Waals surface area contributed by atoms with Crippen LogP contribution >= 0.6 is 15.9 Å². The van der Waals surface area contributed by atoms with Crippen molar-refractivity contribution in [3.05, 3.63) is 69.9 Å². The average molecular weight is 416 g/mol. The Bertz CT molecular complexity index is 946. The molecule has 0 saturated heterocycles. The largest absolute Gasteiger partial charge is 0.469 e. The van der Waals surface area contributed by atoms with Gasteiger partial charge in [0.2, 0.25) is 0 Å². The normalized spacial score (nSPS) is 12.0. The average Bonchev–Trinajstić information content (AvgIpc) is 3.05. The maximum absolute atomic E-state index is 12.7. The van der Waals surface area contributed by atoms with Crippen LogP contribution in [0.15, 0.2) is 57.4 Å². The maximum Gasteiger partial charge on any atom is 0.307 e. The van der Waals surface area contributed by atoms with Crippen molar-refractivity contribution >= 4 is 38.8 Å². The summed E-state index contributed by atoms with van der Waals surface area (Å²) in [5.41, 5.74) is 2.54. The minimum absolute atomic E-state index is 0.0310. The molecular formula is C20H18BrNO4. The summed E-state index contributed by atoms with van der Waals surface area (Å²) in [6.07, 6.45) is 0.0310. The number of methoxy groups -OCH3 is 1. The van der Waals surface area contributed by atoms with Crippen molar-refractivity contribution in [3.8, 4) is 0 Å². The van der Waals surface area contributed by atoms with E-state index in [1.165, 1.54) is 7.11 Å². The lowest BCUT2D eigenvalue weighted by atomic mass is 10.0. The van der Waals surface area contributed by atoms with E-state index in [1.807, 2.05) is 49.4 Å². The molecule has 0 bridgehead atoms. The lowest BCUT2D eigenvalue weighted by Crippen LogP contribution is -2.30. The van der Waals surface area contributed by atoms with Crippen LogP contribution in [0.5, 0.6) is 0 Å². The predicted octanol–water partition coefficient (Wildman–Crippen LogP) is 4.54. The van der Waals surface area contributed by atoms with Gasteiger partial charge in [0, 0.05) is 9.86 Å². The zero-order chi connectivity index (χ0) is 18.7. The second-order valence-electron chi connectivity index (χ2n) is 6.01. The molecule has 26 heavy (non-hydrogen) atoms. The van der Waals surface area contributed by atoms with E-state index in [4.69, 9.17) is 9.15 Å². The lowest BCUT2D eigenvalue weighted by molar-refractivity contribution is -0.141. The van der Waals surface area contributed by atoms with Crippen LogP contribution in [0, 0.1) is 6.92 Å². The third-order valence-electron chi connectivity index (χ3n) is 4.07. The van der Waals surface area contributed by atoms with Gasteiger partial charge in [0.1, 0.15) is 5.58 Å². The Labute approximate surface area is 159 Å². The monoisotopic (exact) mass is 415 g/mol. The van der Waals surface area contributed by atoms with E-state index in [0.29, 0.717) is 5.58 Å². The zero-order valence-electron chi connectivity index (χ0n) is 14.4. The molecule has 1 unspecified atom stereocenters. The number of carbonyl (C=O) groups is 2. The fraction of sp³-hybridized carbons (Fsp3) is 0.200. The van der Waals surface area contributed by atoms with Crippen LogP contribution in [0.1, 0.15) is 34.1 Å². The van der Waals surface area contributed by atoms with Gasteiger partial charge in [-0.25, -0.2) is 0 Å². The van der Waals surface area contributed by atoms with Gasteiger partial charge in [-0.2, -0.15) is 0 Å². The highest BCUT2D eigenvalue weighted by atomic mass is 79.9. The van der Waals surface area contributed by atoms with Gasteiger partial charge in [-0.3, -0.25) is 9.59 Å². The van der Waals surface area contributed by atoms with Crippen LogP contribution in [0.3, 0.4) is 0 Å². The molecule has 1 heterocycles. The molecule has 1 aromatic heterocycles. The maximum atomic E-state index is 12.7. The van der Waals surface area contributed by atoms with Crippen LogP contribution in [0.2, 0.25) is 0 Å². The molecule has 5 nitrogen and oxygen atoms in total. The second-order valence-corrected chi connectivity index (χ2v) is 6.93. The van der Waals surface area contributed by atoms with Gasteiger partial charge in [0.05, 0.1) is 19.6 Å². The Morgan fingerprint density at radius 1 is 1.15 bits per heavy atom. The first-order valence-corrected chi connectivity index (χ1v) is 8.89. The molecule has 3 rings (SSSR count). The molecule has 0 aliphatic carbocycles. The van der Waals surface area contributed by atoms with Crippen LogP contribution in [0.4, 0.5) is 0 Å². The molecule has 0 aliphatic rings. The number of nitrogens with one attached hydrogen (secondary N) is 1. The first-order chi connectivity index (χ1) is 12.5. The number of halogens is 1. The highest BCUT2D eigenvalue weighted by Gasteiger charge is 2.21. The number of furan rings is 1. The molecule has 1 N–H and O–H groups in total. The molecule has 1 atom stereocenters. The molecule has 0 spiro atoms.